The molecule has 0 saturated carbocycles. The van der Waals surface area contributed by atoms with Gasteiger partial charge >= 0.3 is 11.7 Å². The van der Waals surface area contributed by atoms with E-state index in [1.54, 1.807) is 13.8 Å². The third-order valence-corrected chi connectivity index (χ3v) is 2.39. The third kappa shape index (κ3) is 4.05. The molecule has 9 heteroatoms. The number of aliphatic carboxylic acids is 1. The minimum Gasteiger partial charge on any atom is -0.480 e. The van der Waals surface area contributed by atoms with Gasteiger partial charge in [-0.3, -0.25) is 19.6 Å². The van der Waals surface area contributed by atoms with Crippen LogP contribution in [0.2, 0.25) is 0 Å². The summed E-state index contributed by atoms with van der Waals surface area (Å²) in [5.74, 6) is -1.97. The SMILES string of the molecule is CC(C)C(NC(=O)Cn1cc([N+](=O)[O-])cn1)C(=O)O. The molecule has 104 valence electrons. The first kappa shape index (κ1) is 14.6. The highest BCUT2D eigenvalue weighted by Gasteiger charge is 2.23. The first-order valence-electron chi connectivity index (χ1n) is 5.50. The van der Waals surface area contributed by atoms with Crippen LogP contribution in [-0.4, -0.2) is 37.7 Å². The van der Waals surface area contributed by atoms with Gasteiger partial charge in [0.2, 0.25) is 5.91 Å². The van der Waals surface area contributed by atoms with Gasteiger partial charge in [0.05, 0.1) is 4.92 Å². The average Bonchev–Trinajstić information content (AvgIpc) is 2.73. The quantitative estimate of drug-likeness (QED) is 0.554. The van der Waals surface area contributed by atoms with Crippen LogP contribution in [0.15, 0.2) is 12.4 Å². The van der Waals surface area contributed by atoms with Crippen molar-refractivity contribution in [3.63, 3.8) is 0 Å². The topological polar surface area (TPSA) is 127 Å². The van der Waals surface area contributed by atoms with Crippen molar-refractivity contribution in [3.05, 3.63) is 22.5 Å². The van der Waals surface area contributed by atoms with Crippen molar-refractivity contribution in [1.29, 1.82) is 0 Å². The number of hydrogen-bond donors (Lipinski definition) is 2. The Balaban J connectivity index is 2.63. The van der Waals surface area contributed by atoms with Crippen LogP contribution in [0.3, 0.4) is 0 Å². The summed E-state index contributed by atoms with van der Waals surface area (Å²) in [6.45, 7) is 3.06. The molecule has 1 unspecified atom stereocenters. The van der Waals surface area contributed by atoms with E-state index in [1.807, 2.05) is 0 Å². The van der Waals surface area contributed by atoms with Crippen molar-refractivity contribution in [2.24, 2.45) is 5.92 Å². The Kier molecular flexibility index (Phi) is 4.56. The van der Waals surface area contributed by atoms with Crippen molar-refractivity contribution in [2.75, 3.05) is 0 Å². The molecule has 19 heavy (non-hydrogen) atoms. The molecule has 0 aliphatic rings. The number of amides is 1. The van der Waals surface area contributed by atoms with E-state index in [1.165, 1.54) is 0 Å². The predicted octanol–water partition coefficient (Wildman–Crippen LogP) is 0.0167. The van der Waals surface area contributed by atoms with Gasteiger partial charge < -0.3 is 10.4 Å². The molecule has 9 nitrogen and oxygen atoms in total. The Morgan fingerprint density at radius 1 is 1.58 bits per heavy atom. The molecule has 0 bridgehead atoms. The molecule has 1 amide bonds. The van der Waals surface area contributed by atoms with Gasteiger partial charge in [-0.1, -0.05) is 13.8 Å². The number of nitrogens with one attached hydrogen (secondary N) is 1. The number of aromatic nitrogens is 2. The number of carboxylic acids is 1. The maximum absolute atomic E-state index is 11.6. The van der Waals surface area contributed by atoms with Crippen LogP contribution in [0, 0.1) is 16.0 Å². The summed E-state index contributed by atoms with van der Waals surface area (Å²) in [4.78, 5) is 32.3. The Morgan fingerprint density at radius 3 is 2.63 bits per heavy atom. The second kappa shape index (κ2) is 5.94. The van der Waals surface area contributed by atoms with Crippen LogP contribution in [0.5, 0.6) is 0 Å². The first-order chi connectivity index (χ1) is 8.81. The van der Waals surface area contributed by atoms with E-state index in [-0.39, 0.29) is 18.2 Å². The molecule has 1 aromatic rings. The first-order valence-corrected chi connectivity index (χ1v) is 5.50. The second-order valence-electron chi connectivity index (χ2n) is 4.28. The van der Waals surface area contributed by atoms with Gasteiger partial charge in [-0.25, -0.2) is 4.79 Å². The van der Waals surface area contributed by atoms with Gasteiger partial charge in [0.1, 0.15) is 25.0 Å². The zero-order valence-electron chi connectivity index (χ0n) is 10.4. The fourth-order valence-electron chi connectivity index (χ4n) is 1.41. The molecule has 0 saturated heterocycles. The summed E-state index contributed by atoms with van der Waals surface area (Å²) in [7, 11) is 0. The van der Waals surface area contributed by atoms with Crippen LogP contribution in [0.1, 0.15) is 13.8 Å². The van der Waals surface area contributed by atoms with Gasteiger partial charge in [-0.15, -0.1) is 0 Å². The number of hydrogen-bond acceptors (Lipinski definition) is 5. The van der Waals surface area contributed by atoms with Crippen molar-refractivity contribution < 1.29 is 19.6 Å². The molecular weight excluding hydrogens is 256 g/mol. The summed E-state index contributed by atoms with van der Waals surface area (Å²) in [5.41, 5.74) is -0.230. The lowest BCUT2D eigenvalue weighted by Gasteiger charge is -2.17. The van der Waals surface area contributed by atoms with Crippen molar-refractivity contribution in [1.82, 2.24) is 15.1 Å². The number of nitrogens with zero attached hydrogens (tertiary/aromatic N) is 3. The molecule has 1 atom stereocenters. The fraction of sp³-hybridized carbons (Fsp3) is 0.500. The second-order valence-corrected chi connectivity index (χ2v) is 4.28. The molecule has 0 radical (unpaired) electrons. The number of carbonyl (C=O) groups is 2. The Labute approximate surface area is 108 Å². The summed E-state index contributed by atoms with van der Waals surface area (Å²) in [5, 5.41) is 25.3. The summed E-state index contributed by atoms with van der Waals surface area (Å²) in [6, 6.07) is -1.00. The maximum Gasteiger partial charge on any atom is 0.326 e. The fourth-order valence-corrected chi connectivity index (χ4v) is 1.41. The molecule has 1 rings (SSSR count). The minimum absolute atomic E-state index is 0.230. The van der Waals surface area contributed by atoms with E-state index in [0.29, 0.717) is 0 Å². The number of carboxylic acid groups (broad SMARTS) is 1. The number of carbonyl (C=O) groups excluding carboxylic acids is 1. The highest BCUT2D eigenvalue weighted by Crippen LogP contribution is 2.07. The minimum atomic E-state index is -1.13. The zero-order valence-corrected chi connectivity index (χ0v) is 10.4. The smallest absolute Gasteiger partial charge is 0.326 e. The van der Waals surface area contributed by atoms with Gasteiger partial charge in [0.25, 0.3) is 0 Å². The van der Waals surface area contributed by atoms with Crippen molar-refractivity contribution >= 4 is 17.6 Å². The standard InChI is InChI=1S/C10H14N4O5/c1-6(2)9(10(16)17)12-8(15)5-13-4-7(3-11-13)14(18)19/h3-4,6,9H,5H2,1-2H3,(H,12,15)(H,16,17). The Morgan fingerprint density at radius 2 is 2.21 bits per heavy atom. The van der Waals surface area contributed by atoms with Crippen LogP contribution in [0.25, 0.3) is 0 Å². The summed E-state index contributed by atoms with van der Waals surface area (Å²) >= 11 is 0. The normalized spacial score (nSPS) is 12.2. The van der Waals surface area contributed by atoms with E-state index >= 15 is 0 Å². The molecule has 0 aliphatic heterocycles. The van der Waals surface area contributed by atoms with Crippen LogP contribution in [-0.2, 0) is 16.1 Å². The monoisotopic (exact) mass is 270 g/mol. The molecule has 1 heterocycles. The van der Waals surface area contributed by atoms with Gasteiger partial charge in [0.15, 0.2) is 0 Å². The van der Waals surface area contributed by atoms with Gasteiger partial charge in [-0.2, -0.15) is 5.10 Å². The van der Waals surface area contributed by atoms with Gasteiger partial charge in [0, 0.05) is 0 Å². The highest BCUT2D eigenvalue weighted by atomic mass is 16.6. The highest BCUT2D eigenvalue weighted by molar-refractivity contribution is 5.83. The summed E-state index contributed by atoms with van der Waals surface area (Å²) < 4.78 is 1.08. The molecule has 1 aromatic heterocycles. The van der Waals surface area contributed by atoms with E-state index in [4.69, 9.17) is 5.11 Å². The maximum atomic E-state index is 11.6. The van der Waals surface area contributed by atoms with E-state index in [9.17, 15) is 19.7 Å². The molecule has 0 fully saturated rings. The lowest BCUT2D eigenvalue weighted by molar-refractivity contribution is -0.385. The number of nitro groups is 1. The Bertz CT molecular complexity index is 496. The molecule has 2 N–H and O–H groups in total. The van der Waals surface area contributed by atoms with E-state index in [2.05, 4.69) is 10.4 Å². The lowest BCUT2D eigenvalue weighted by atomic mass is 10.1. The van der Waals surface area contributed by atoms with Crippen LogP contribution < -0.4 is 5.32 Å². The zero-order chi connectivity index (χ0) is 14.6. The van der Waals surface area contributed by atoms with E-state index < -0.39 is 22.8 Å². The van der Waals surface area contributed by atoms with Gasteiger partial charge in [-0.05, 0) is 5.92 Å². The summed E-state index contributed by atoms with van der Waals surface area (Å²) in [6.07, 6.45) is 2.12. The van der Waals surface area contributed by atoms with Crippen molar-refractivity contribution in [2.45, 2.75) is 26.4 Å². The lowest BCUT2D eigenvalue weighted by Crippen LogP contribution is -2.45. The average molecular weight is 270 g/mol. The largest absolute Gasteiger partial charge is 0.480 e. The molecule has 0 aliphatic carbocycles. The number of rotatable bonds is 6. The molecular formula is C10H14N4O5. The molecule has 0 spiro atoms. The predicted molar refractivity (Wildman–Crippen MR) is 63.3 cm³/mol. The Hall–Kier alpha value is -2.45. The third-order valence-electron chi connectivity index (χ3n) is 2.39. The van der Waals surface area contributed by atoms with Crippen LogP contribution in [0.4, 0.5) is 5.69 Å². The molecule has 0 aromatic carbocycles. The van der Waals surface area contributed by atoms with E-state index in [0.717, 1.165) is 17.1 Å². The van der Waals surface area contributed by atoms with Crippen LogP contribution >= 0.6 is 0 Å². The van der Waals surface area contributed by atoms with Crippen molar-refractivity contribution in [3.8, 4) is 0 Å².